The number of ether oxygens (including phenoxy) is 1. The van der Waals surface area contributed by atoms with Crippen LogP contribution in [0.15, 0.2) is 24.3 Å². The first kappa shape index (κ1) is 18.7. The molecule has 0 atom stereocenters. The lowest BCUT2D eigenvalue weighted by Crippen LogP contribution is -2.32. The van der Waals surface area contributed by atoms with Crippen LogP contribution >= 0.6 is 12.4 Å². The Morgan fingerprint density at radius 1 is 1.15 bits per heavy atom. The molecule has 2 N–H and O–H groups in total. The Labute approximate surface area is 127 Å². The highest BCUT2D eigenvalue weighted by Gasteiger charge is 2.05. The van der Waals surface area contributed by atoms with Crippen LogP contribution in [-0.2, 0) is 0 Å². The molecule has 1 aromatic rings. The van der Waals surface area contributed by atoms with Gasteiger partial charge in [0.2, 0.25) is 0 Å². The molecular weight excluding hydrogens is 276 g/mol. The molecule has 0 aromatic heterocycles. The van der Waals surface area contributed by atoms with E-state index in [-0.39, 0.29) is 18.3 Å². The number of benzene rings is 1. The number of carbonyl (C=O) groups is 1. The molecule has 20 heavy (non-hydrogen) atoms. The lowest BCUT2D eigenvalue weighted by molar-refractivity contribution is 0.0953. The first-order chi connectivity index (χ1) is 9.27. The molecule has 0 saturated carbocycles. The molecule has 0 unspecified atom stereocenters. The van der Waals surface area contributed by atoms with Crippen LogP contribution in [0, 0.1) is 0 Å². The van der Waals surface area contributed by atoms with E-state index in [1.807, 2.05) is 12.1 Å². The van der Waals surface area contributed by atoms with Crippen LogP contribution in [0.1, 0.15) is 37.0 Å². The number of halogens is 1. The normalized spacial score (nSPS) is 9.70. The highest BCUT2D eigenvalue weighted by Crippen LogP contribution is 2.13. The molecule has 114 valence electrons. The van der Waals surface area contributed by atoms with Crippen molar-refractivity contribution >= 4 is 18.3 Å². The molecule has 0 spiro atoms. The zero-order valence-electron chi connectivity index (χ0n) is 12.3. The third-order valence-corrected chi connectivity index (χ3v) is 2.58. The molecule has 0 saturated heterocycles. The lowest BCUT2D eigenvalue weighted by atomic mass is 10.2. The van der Waals surface area contributed by atoms with Crippen LogP contribution < -0.4 is 15.4 Å². The molecule has 0 bridgehead atoms. The monoisotopic (exact) mass is 300 g/mol. The summed E-state index contributed by atoms with van der Waals surface area (Å²) < 4.78 is 5.51. The average Bonchev–Trinajstić information content (AvgIpc) is 2.45. The van der Waals surface area contributed by atoms with Crippen LogP contribution in [0.25, 0.3) is 0 Å². The third kappa shape index (κ3) is 7.36. The Hall–Kier alpha value is -1.26. The van der Waals surface area contributed by atoms with Gasteiger partial charge in [-0.2, -0.15) is 0 Å². The van der Waals surface area contributed by atoms with Gasteiger partial charge in [0.25, 0.3) is 5.91 Å². The Balaban J connectivity index is 0.00000361. The molecule has 5 heteroatoms. The lowest BCUT2D eigenvalue weighted by Gasteiger charge is -2.08. The molecule has 0 aliphatic heterocycles. The number of nitrogens with one attached hydrogen (secondary N) is 2. The Bertz CT molecular complexity index is 386. The summed E-state index contributed by atoms with van der Waals surface area (Å²) in [7, 11) is 0. The van der Waals surface area contributed by atoms with Gasteiger partial charge in [-0.3, -0.25) is 4.79 Å². The summed E-state index contributed by atoms with van der Waals surface area (Å²) in [4.78, 5) is 11.9. The van der Waals surface area contributed by atoms with E-state index < -0.39 is 0 Å². The average molecular weight is 301 g/mol. The van der Waals surface area contributed by atoms with E-state index in [0.717, 1.165) is 31.7 Å². The van der Waals surface area contributed by atoms with Crippen LogP contribution in [-0.4, -0.2) is 32.1 Å². The second-order valence-corrected chi connectivity index (χ2v) is 4.38. The predicted octanol–water partition coefficient (Wildman–Crippen LogP) is 2.63. The standard InChI is InChI=1S/C15H24N2O2.ClH/c1-3-8-16-9-10-17-15(18)13-6-5-7-14(12-13)19-11-4-2;/h5-7,12,16H,3-4,8-11H2,1-2H3,(H,17,18);1H. The van der Waals surface area contributed by atoms with Crippen molar-refractivity contribution in [3.05, 3.63) is 29.8 Å². The Morgan fingerprint density at radius 3 is 2.65 bits per heavy atom. The zero-order valence-corrected chi connectivity index (χ0v) is 13.1. The zero-order chi connectivity index (χ0) is 13.9. The van der Waals surface area contributed by atoms with E-state index in [4.69, 9.17) is 4.74 Å². The van der Waals surface area contributed by atoms with Crippen molar-refractivity contribution in [2.75, 3.05) is 26.2 Å². The van der Waals surface area contributed by atoms with E-state index in [9.17, 15) is 4.79 Å². The summed E-state index contributed by atoms with van der Waals surface area (Å²) in [5, 5.41) is 6.13. The maximum Gasteiger partial charge on any atom is 0.251 e. The molecule has 1 rings (SSSR count). The highest BCUT2D eigenvalue weighted by molar-refractivity contribution is 5.94. The fourth-order valence-corrected chi connectivity index (χ4v) is 1.62. The fraction of sp³-hybridized carbons (Fsp3) is 0.533. The largest absolute Gasteiger partial charge is 0.494 e. The van der Waals surface area contributed by atoms with Gasteiger partial charge in [0.1, 0.15) is 5.75 Å². The second kappa shape index (κ2) is 11.6. The maximum absolute atomic E-state index is 11.9. The van der Waals surface area contributed by atoms with Gasteiger partial charge in [-0.05, 0) is 37.6 Å². The molecule has 0 aliphatic carbocycles. The molecule has 0 radical (unpaired) electrons. The summed E-state index contributed by atoms with van der Waals surface area (Å²) in [6, 6.07) is 7.29. The van der Waals surface area contributed by atoms with Gasteiger partial charge in [0.05, 0.1) is 6.61 Å². The SMILES string of the molecule is CCCNCCNC(=O)c1cccc(OCCC)c1.Cl. The minimum absolute atomic E-state index is 0. The Kier molecular flexibility index (Phi) is 10.8. The molecule has 1 aromatic carbocycles. The fourth-order valence-electron chi connectivity index (χ4n) is 1.62. The summed E-state index contributed by atoms with van der Waals surface area (Å²) in [5.74, 6) is 0.693. The second-order valence-electron chi connectivity index (χ2n) is 4.38. The topological polar surface area (TPSA) is 50.4 Å². The number of carbonyl (C=O) groups excluding carboxylic acids is 1. The van der Waals surface area contributed by atoms with Crippen molar-refractivity contribution in [3.63, 3.8) is 0 Å². The number of hydrogen-bond acceptors (Lipinski definition) is 3. The van der Waals surface area contributed by atoms with E-state index in [1.54, 1.807) is 12.1 Å². The van der Waals surface area contributed by atoms with Gasteiger partial charge in [-0.15, -0.1) is 12.4 Å². The number of rotatable bonds is 9. The summed E-state index contributed by atoms with van der Waals surface area (Å²) in [6.07, 6.45) is 2.06. The molecule has 0 aliphatic rings. The van der Waals surface area contributed by atoms with Crippen molar-refractivity contribution in [1.29, 1.82) is 0 Å². The van der Waals surface area contributed by atoms with Crippen molar-refractivity contribution in [2.24, 2.45) is 0 Å². The minimum atomic E-state index is -0.0553. The van der Waals surface area contributed by atoms with Gasteiger partial charge in [-0.1, -0.05) is 19.9 Å². The molecule has 0 fully saturated rings. The van der Waals surface area contributed by atoms with Crippen molar-refractivity contribution in [1.82, 2.24) is 10.6 Å². The quantitative estimate of drug-likeness (QED) is 0.689. The first-order valence-corrected chi connectivity index (χ1v) is 6.99. The number of hydrogen-bond donors (Lipinski definition) is 2. The van der Waals surface area contributed by atoms with Crippen molar-refractivity contribution < 1.29 is 9.53 Å². The Morgan fingerprint density at radius 2 is 1.95 bits per heavy atom. The first-order valence-electron chi connectivity index (χ1n) is 6.99. The highest BCUT2D eigenvalue weighted by atomic mass is 35.5. The van der Waals surface area contributed by atoms with Gasteiger partial charge < -0.3 is 15.4 Å². The van der Waals surface area contributed by atoms with Crippen LogP contribution in [0.5, 0.6) is 5.75 Å². The van der Waals surface area contributed by atoms with Gasteiger partial charge >= 0.3 is 0 Å². The van der Waals surface area contributed by atoms with Crippen LogP contribution in [0.4, 0.5) is 0 Å². The maximum atomic E-state index is 11.9. The third-order valence-electron chi connectivity index (χ3n) is 2.58. The number of amides is 1. The molecular formula is C15H25ClN2O2. The summed E-state index contributed by atoms with van der Waals surface area (Å²) in [5.41, 5.74) is 0.643. The van der Waals surface area contributed by atoms with Crippen molar-refractivity contribution in [3.8, 4) is 5.75 Å². The van der Waals surface area contributed by atoms with E-state index in [1.165, 1.54) is 0 Å². The van der Waals surface area contributed by atoms with Gasteiger partial charge in [0.15, 0.2) is 0 Å². The van der Waals surface area contributed by atoms with Crippen LogP contribution in [0.2, 0.25) is 0 Å². The van der Waals surface area contributed by atoms with Gasteiger partial charge in [0, 0.05) is 18.7 Å². The van der Waals surface area contributed by atoms with Crippen LogP contribution in [0.3, 0.4) is 0 Å². The summed E-state index contributed by atoms with van der Waals surface area (Å²) >= 11 is 0. The van der Waals surface area contributed by atoms with E-state index in [2.05, 4.69) is 24.5 Å². The smallest absolute Gasteiger partial charge is 0.251 e. The molecule has 1 amide bonds. The predicted molar refractivity (Wildman–Crippen MR) is 85.0 cm³/mol. The summed E-state index contributed by atoms with van der Waals surface area (Å²) in [6.45, 7) is 7.26. The molecule has 4 nitrogen and oxygen atoms in total. The van der Waals surface area contributed by atoms with E-state index >= 15 is 0 Å². The molecule has 0 heterocycles. The van der Waals surface area contributed by atoms with Crippen molar-refractivity contribution in [2.45, 2.75) is 26.7 Å². The van der Waals surface area contributed by atoms with Gasteiger partial charge in [-0.25, -0.2) is 0 Å². The van der Waals surface area contributed by atoms with E-state index in [0.29, 0.717) is 18.7 Å². The minimum Gasteiger partial charge on any atom is -0.494 e.